The molecule has 1 aromatic rings. The molecule has 0 unspecified atom stereocenters. The molecule has 1 aliphatic carbocycles. The van der Waals surface area contributed by atoms with Crippen molar-refractivity contribution < 1.29 is 8.42 Å². The second kappa shape index (κ2) is 6.89. The van der Waals surface area contributed by atoms with Crippen LogP contribution in [0, 0.1) is 5.92 Å². The van der Waals surface area contributed by atoms with Crippen LogP contribution in [0.15, 0.2) is 23.1 Å². The Labute approximate surface area is 125 Å². The Balaban J connectivity index is 2.04. The molecule has 6 heteroatoms. The largest absolute Gasteiger partial charge is 0.326 e. The Bertz CT molecular complexity index is 554. The topological polar surface area (TPSA) is 72.2 Å². The smallest absolute Gasteiger partial charge is 0.240 e. The highest BCUT2D eigenvalue weighted by molar-refractivity contribution is 7.89. The summed E-state index contributed by atoms with van der Waals surface area (Å²) in [6.07, 6.45) is 5.87. The van der Waals surface area contributed by atoms with Crippen molar-refractivity contribution in [2.24, 2.45) is 11.7 Å². The van der Waals surface area contributed by atoms with Gasteiger partial charge in [-0.05, 0) is 36.5 Å². The van der Waals surface area contributed by atoms with Gasteiger partial charge in [-0.3, -0.25) is 0 Å². The van der Waals surface area contributed by atoms with Crippen molar-refractivity contribution in [3.05, 3.63) is 28.8 Å². The SMILES string of the molecule is NCc1ccc(S(=O)(=O)NCC2CCCCC2)cc1Cl. The average Bonchev–Trinajstić information content (AvgIpc) is 2.46. The summed E-state index contributed by atoms with van der Waals surface area (Å²) >= 11 is 6.01. The Morgan fingerprint density at radius 2 is 1.95 bits per heavy atom. The van der Waals surface area contributed by atoms with E-state index in [2.05, 4.69) is 4.72 Å². The standard InChI is InChI=1S/C14H21ClN2O2S/c15-14-8-13(7-6-12(14)9-16)20(18,19)17-10-11-4-2-1-3-5-11/h6-8,11,17H,1-5,9-10,16H2. The van der Waals surface area contributed by atoms with Gasteiger partial charge in [0.25, 0.3) is 0 Å². The summed E-state index contributed by atoms with van der Waals surface area (Å²) in [6.45, 7) is 0.813. The molecule has 112 valence electrons. The van der Waals surface area contributed by atoms with Crippen molar-refractivity contribution in [1.82, 2.24) is 4.72 Å². The molecule has 0 atom stereocenters. The third-order valence-electron chi connectivity index (χ3n) is 3.84. The summed E-state index contributed by atoms with van der Waals surface area (Å²) in [4.78, 5) is 0.204. The number of rotatable bonds is 5. The molecular formula is C14H21ClN2O2S. The van der Waals surface area contributed by atoms with Gasteiger partial charge in [-0.15, -0.1) is 0 Å². The van der Waals surface area contributed by atoms with Crippen LogP contribution in [0.25, 0.3) is 0 Å². The molecule has 0 aromatic heterocycles. The minimum atomic E-state index is -3.48. The Hall–Kier alpha value is -0.620. The molecule has 0 saturated heterocycles. The highest BCUT2D eigenvalue weighted by Crippen LogP contribution is 2.24. The van der Waals surface area contributed by atoms with Crippen LogP contribution in [0.2, 0.25) is 5.02 Å². The van der Waals surface area contributed by atoms with Crippen molar-refractivity contribution in [2.45, 2.75) is 43.5 Å². The number of nitrogens with two attached hydrogens (primary N) is 1. The highest BCUT2D eigenvalue weighted by Gasteiger charge is 2.19. The van der Waals surface area contributed by atoms with Crippen LogP contribution in [0.4, 0.5) is 0 Å². The number of hydrogen-bond acceptors (Lipinski definition) is 3. The molecule has 20 heavy (non-hydrogen) atoms. The van der Waals surface area contributed by atoms with E-state index in [1.165, 1.54) is 25.3 Å². The quantitative estimate of drug-likeness (QED) is 0.877. The van der Waals surface area contributed by atoms with Crippen LogP contribution in [-0.2, 0) is 16.6 Å². The first-order chi connectivity index (χ1) is 9.53. The molecular weight excluding hydrogens is 296 g/mol. The minimum absolute atomic E-state index is 0.204. The molecule has 0 radical (unpaired) electrons. The zero-order chi connectivity index (χ0) is 14.6. The summed E-state index contributed by atoms with van der Waals surface area (Å²) in [7, 11) is -3.48. The predicted octanol–water partition coefficient (Wildman–Crippen LogP) is 2.66. The number of nitrogens with one attached hydrogen (secondary N) is 1. The molecule has 0 amide bonds. The van der Waals surface area contributed by atoms with Crippen LogP contribution in [-0.4, -0.2) is 15.0 Å². The summed E-state index contributed by atoms with van der Waals surface area (Å²) < 4.78 is 27.1. The van der Waals surface area contributed by atoms with Crippen molar-refractivity contribution >= 4 is 21.6 Å². The van der Waals surface area contributed by atoms with Crippen molar-refractivity contribution in [3.63, 3.8) is 0 Å². The maximum absolute atomic E-state index is 12.2. The fourth-order valence-corrected chi connectivity index (χ4v) is 4.03. The fourth-order valence-electron chi connectivity index (χ4n) is 2.56. The molecule has 1 aliphatic rings. The zero-order valence-corrected chi connectivity index (χ0v) is 13.0. The molecule has 4 nitrogen and oxygen atoms in total. The number of sulfonamides is 1. The van der Waals surface area contributed by atoms with Gasteiger partial charge in [0.15, 0.2) is 0 Å². The summed E-state index contributed by atoms with van der Waals surface area (Å²) in [6, 6.07) is 4.68. The third-order valence-corrected chi connectivity index (χ3v) is 5.61. The molecule has 0 spiro atoms. The van der Waals surface area contributed by atoms with E-state index in [-0.39, 0.29) is 4.90 Å². The molecule has 1 saturated carbocycles. The van der Waals surface area contributed by atoms with Gasteiger partial charge in [0.05, 0.1) is 4.90 Å². The Kier molecular flexibility index (Phi) is 5.43. The van der Waals surface area contributed by atoms with E-state index in [4.69, 9.17) is 17.3 Å². The van der Waals surface area contributed by atoms with Gasteiger partial charge in [0, 0.05) is 18.1 Å². The lowest BCUT2D eigenvalue weighted by atomic mass is 9.90. The number of hydrogen-bond donors (Lipinski definition) is 2. The molecule has 2 rings (SSSR count). The molecule has 0 heterocycles. The first-order valence-corrected chi connectivity index (χ1v) is 8.87. The van der Waals surface area contributed by atoms with E-state index in [0.29, 0.717) is 24.0 Å². The van der Waals surface area contributed by atoms with Gasteiger partial charge in [-0.2, -0.15) is 0 Å². The summed E-state index contributed by atoms with van der Waals surface area (Å²) in [5.41, 5.74) is 6.26. The lowest BCUT2D eigenvalue weighted by Gasteiger charge is -2.21. The third kappa shape index (κ3) is 3.95. The average molecular weight is 317 g/mol. The van der Waals surface area contributed by atoms with E-state index in [1.807, 2.05) is 0 Å². The molecule has 0 bridgehead atoms. The van der Waals surface area contributed by atoms with Gasteiger partial charge < -0.3 is 5.73 Å². The molecule has 1 aromatic carbocycles. The Morgan fingerprint density at radius 3 is 2.55 bits per heavy atom. The van der Waals surface area contributed by atoms with Gasteiger partial charge in [-0.25, -0.2) is 13.1 Å². The van der Waals surface area contributed by atoms with Crippen molar-refractivity contribution in [1.29, 1.82) is 0 Å². The van der Waals surface area contributed by atoms with Crippen LogP contribution >= 0.6 is 11.6 Å². The van der Waals surface area contributed by atoms with E-state index in [0.717, 1.165) is 18.4 Å². The first-order valence-electron chi connectivity index (χ1n) is 7.01. The van der Waals surface area contributed by atoms with Crippen LogP contribution in [0.5, 0.6) is 0 Å². The van der Waals surface area contributed by atoms with Gasteiger partial charge in [0.2, 0.25) is 10.0 Å². The second-order valence-corrected chi connectivity index (χ2v) is 7.49. The summed E-state index contributed by atoms with van der Waals surface area (Å²) in [5, 5.41) is 0.396. The van der Waals surface area contributed by atoms with E-state index >= 15 is 0 Å². The first kappa shape index (κ1) is 15.8. The normalized spacial score (nSPS) is 17.3. The van der Waals surface area contributed by atoms with Crippen LogP contribution in [0.3, 0.4) is 0 Å². The molecule has 3 N–H and O–H groups in total. The Morgan fingerprint density at radius 1 is 1.25 bits per heavy atom. The molecule has 0 aliphatic heterocycles. The van der Waals surface area contributed by atoms with Crippen LogP contribution < -0.4 is 10.5 Å². The predicted molar refractivity (Wildman–Crippen MR) is 81.1 cm³/mol. The van der Waals surface area contributed by atoms with Gasteiger partial charge >= 0.3 is 0 Å². The molecule has 1 fully saturated rings. The van der Waals surface area contributed by atoms with Crippen molar-refractivity contribution in [2.75, 3.05) is 6.54 Å². The maximum Gasteiger partial charge on any atom is 0.240 e. The van der Waals surface area contributed by atoms with Gasteiger partial charge in [0.1, 0.15) is 0 Å². The number of halogens is 1. The zero-order valence-electron chi connectivity index (χ0n) is 11.4. The lowest BCUT2D eigenvalue weighted by Crippen LogP contribution is -2.30. The highest BCUT2D eigenvalue weighted by atomic mass is 35.5. The minimum Gasteiger partial charge on any atom is -0.326 e. The van der Waals surface area contributed by atoms with E-state index < -0.39 is 10.0 Å². The number of benzene rings is 1. The van der Waals surface area contributed by atoms with Crippen LogP contribution in [0.1, 0.15) is 37.7 Å². The van der Waals surface area contributed by atoms with E-state index in [1.54, 1.807) is 12.1 Å². The van der Waals surface area contributed by atoms with Crippen molar-refractivity contribution in [3.8, 4) is 0 Å². The maximum atomic E-state index is 12.2. The van der Waals surface area contributed by atoms with E-state index in [9.17, 15) is 8.42 Å². The monoisotopic (exact) mass is 316 g/mol. The lowest BCUT2D eigenvalue weighted by molar-refractivity contribution is 0.357. The van der Waals surface area contributed by atoms with Gasteiger partial charge in [-0.1, -0.05) is 36.9 Å². The summed E-state index contributed by atoms with van der Waals surface area (Å²) in [5.74, 6) is 0.456. The second-order valence-electron chi connectivity index (χ2n) is 5.31. The fraction of sp³-hybridized carbons (Fsp3) is 0.571.